The van der Waals surface area contributed by atoms with Crippen LogP contribution in [-0.2, 0) is 6.42 Å². The first-order chi connectivity index (χ1) is 17.8. The topological polar surface area (TPSA) is 116 Å². The summed E-state index contributed by atoms with van der Waals surface area (Å²) in [5.74, 6) is 1.19. The van der Waals surface area contributed by atoms with Crippen LogP contribution < -0.4 is 15.2 Å². The van der Waals surface area contributed by atoms with E-state index < -0.39 is 4.92 Å². The first kappa shape index (κ1) is 26.0. The largest absolute Gasteiger partial charge is 0.438 e. The highest BCUT2D eigenvalue weighted by atomic mass is 79.9. The zero-order valence-electron chi connectivity index (χ0n) is 20.6. The lowest BCUT2D eigenvalue weighted by atomic mass is 10.2. The van der Waals surface area contributed by atoms with Crippen molar-refractivity contribution >= 4 is 44.4 Å². The highest BCUT2D eigenvalue weighted by Crippen LogP contribution is 2.28. The Labute approximate surface area is 221 Å². The number of aryl methyl sites for hydroxylation is 1. The number of pyridine rings is 1. The Morgan fingerprint density at radius 1 is 1.19 bits per heavy atom. The molecule has 0 aliphatic carbocycles. The number of ether oxygens (including phenoxy) is 1. The van der Waals surface area contributed by atoms with E-state index in [1.165, 1.54) is 16.8 Å². The van der Waals surface area contributed by atoms with Crippen LogP contribution in [0.2, 0.25) is 0 Å². The molecule has 0 atom stereocenters. The first-order valence-corrected chi connectivity index (χ1v) is 12.4. The molecule has 0 spiro atoms. The van der Waals surface area contributed by atoms with E-state index in [9.17, 15) is 14.9 Å². The van der Waals surface area contributed by atoms with Gasteiger partial charge in [-0.1, -0.05) is 29.3 Å². The molecule has 11 heteroatoms. The average molecular weight is 565 g/mol. The third kappa shape index (κ3) is 6.00. The molecule has 0 unspecified atom stereocenters. The maximum absolute atomic E-state index is 13.4. The highest BCUT2D eigenvalue weighted by Gasteiger charge is 2.13. The van der Waals surface area contributed by atoms with E-state index in [1.54, 1.807) is 18.3 Å². The van der Waals surface area contributed by atoms with Crippen molar-refractivity contribution in [2.45, 2.75) is 26.2 Å². The second-order valence-corrected chi connectivity index (χ2v) is 9.40. The Bertz CT molecular complexity index is 1530. The lowest BCUT2D eigenvalue weighted by Gasteiger charge is -2.15. The molecule has 0 N–H and O–H groups in total. The zero-order chi connectivity index (χ0) is 26.5. The Balaban J connectivity index is 1.77. The van der Waals surface area contributed by atoms with E-state index >= 15 is 0 Å². The molecule has 0 aliphatic heterocycles. The Morgan fingerprint density at radius 2 is 2.00 bits per heavy atom. The Kier molecular flexibility index (Phi) is 7.92. The lowest BCUT2D eigenvalue weighted by molar-refractivity contribution is -0.385. The summed E-state index contributed by atoms with van der Waals surface area (Å²) in [6, 6.07) is 13.7. The number of hydrogen-bond acceptors (Lipinski definition) is 8. The molecule has 2 heterocycles. The minimum Gasteiger partial charge on any atom is -0.438 e. The van der Waals surface area contributed by atoms with Crippen LogP contribution >= 0.6 is 15.9 Å². The van der Waals surface area contributed by atoms with Gasteiger partial charge in [0.2, 0.25) is 5.88 Å². The Morgan fingerprint density at radius 3 is 2.68 bits per heavy atom. The van der Waals surface area contributed by atoms with E-state index in [-0.39, 0.29) is 17.1 Å². The fourth-order valence-corrected chi connectivity index (χ4v) is 3.94. The SMILES string of the molecule is CCCCc1nc2ccc(Br)cc2c(=O)n1N=Cc1ccc(N(C)C)cc1Oc1ccc([N+](=O)[O-])cn1. The van der Waals surface area contributed by atoms with Crippen LogP contribution in [0, 0.1) is 10.1 Å². The minimum atomic E-state index is -0.522. The van der Waals surface area contributed by atoms with Crippen LogP contribution in [0.25, 0.3) is 10.9 Å². The van der Waals surface area contributed by atoms with Crippen molar-refractivity contribution in [3.05, 3.63) is 91.1 Å². The molecule has 2 aromatic heterocycles. The van der Waals surface area contributed by atoms with Gasteiger partial charge >= 0.3 is 0 Å². The fourth-order valence-electron chi connectivity index (χ4n) is 3.58. The molecule has 0 aliphatic rings. The van der Waals surface area contributed by atoms with Crippen molar-refractivity contribution in [2.75, 3.05) is 19.0 Å². The van der Waals surface area contributed by atoms with Crippen molar-refractivity contribution < 1.29 is 9.66 Å². The number of nitro groups is 1. The number of aromatic nitrogens is 3. The number of rotatable bonds is 9. The predicted molar refractivity (Wildman–Crippen MR) is 147 cm³/mol. The van der Waals surface area contributed by atoms with Crippen molar-refractivity contribution in [2.24, 2.45) is 5.10 Å². The number of halogens is 1. The maximum Gasteiger partial charge on any atom is 0.287 e. The third-order valence-corrected chi connectivity index (χ3v) is 6.09. The van der Waals surface area contributed by atoms with Crippen LogP contribution in [0.1, 0.15) is 31.2 Å². The van der Waals surface area contributed by atoms with Crippen LogP contribution in [0.15, 0.2) is 69.1 Å². The molecule has 0 radical (unpaired) electrons. The van der Waals surface area contributed by atoms with Crippen molar-refractivity contribution in [1.29, 1.82) is 0 Å². The number of fused-ring (bicyclic) bond motifs is 1. The zero-order valence-corrected chi connectivity index (χ0v) is 22.2. The molecule has 0 bridgehead atoms. The highest BCUT2D eigenvalue weighted by molar-refractivity contribution is 9.10. The first-order valence-electron chi connectivity index (χ1n) is 11.6. The minimum absolute atomic E-state index is 0.134. The molecule has 0 fully saturated rings. The van der Waals surface area contributed by atoms with Crippen LogP contribution in [0.3, 0.4) is 0 Å². The maximum atomic E-state index is 13.4. The van der Waals surface area contributed by atoms with Crippen molar-refractivity contribution in [3.63, 3.8) is 0 Å². The monoisotopic (exact) mass is 564 g/mol. The van der Waals surface area contributed by atoms with Gasteiger partial charge in [-0.15, -0.1) is 0 Å². The predicted octanol–water partition coefficient (Wildman–Crippen LogP) is 5.55. The van der Waals surface area contributed by atoms with Crippen molar-refractivity contribution in [3.8, 4) is 11.6 Å². The van der Waals surface area contributed by atoms with Gasteiger partial charge in [-0.2, -0.15) is 9.78 Å². The van der Waals surface area contributed by atoms with E-state index in [1.807, 2.05) is 43.3 Å². The average Bonchev–Trinajstić information content (AvgIpc) is 2.88. The van der Waals surface area contributed by atoms with Gasteiger partial charge in [0, 0.05) is 54.4 Å². The van der Waals surface area contributed by atoms with E-state index in [0.29, 0.717) is 34.5 Å². The third-order valence-electron chi connectivity index (χ3n) is 5.60. The quantitative estimate of drug-likeness (QED) is 0.149. The van der Waals surface area contributed by atoms with E-state index in [0.717, 1.165) is 29.2 Å². The summed E-state index contributed by atoms with van der Waals surface area (Å²) >= 11 is 3.42. The van der Waals surface area contributed by atoms with E-state index in [2.05, 4.69) is 32.9 Å². The van der Waals surface area contributed by atoms with Gasteiger partial charge in [0.25, 0.3) is 11.2 Å². The molecule has 4 aromatic rings. The van der Waals surface area contributed by atoms with Gasteiger partial charge in [0.15, 0.2) is 0 Å². The van der Waals surface area contributed by atoms with Crippen LogP contribution in [0.5, 0.6) is 11.6 Å². The molecule has 4 rings (SSSR count). The molecular formula is C26H25BrN6O4. The standard InChI is InChI=1S/C26H25BrN6O4/c1-4-5-6-24-30-22-11-8-18(27)13-21(22)26(34)32(24)29-15-17-7-9-19(31(2)3)14-23(17)37-25-12-10-20(16-28-25)33(35)36/h7-16H,4-6H2,1-3H3. The van der Waals surface area contributed by atoms with Gasteiger partial charge in [0.05, 0.1) is 22.0 Å². The summed E-state index contributed by atoms with van der Waals surface area (Å²) in [5, 5.41) is 15.9. The van der Waals surface area contributed by atoms with Gasteiger partial charge in [-0.25, -0.2) is 9.97 Å². The van der Waals surface area contributed by atoms with Gasteiger partial charge in [-0.3, -0.25) is 14.9 Å². The number of benzene rings is 2. The summed E-state index contributed by atoms with van der Waals surface area (Å²) in [4.78, 5) is 34.5. The van der Waals surface area contributed by atoms with Gasteiger partial charge in [-0.05, 0) is 36.8 Å². The summed E-state index contributed by atoms with van der Waals surface area (Å²) < 4.78 is 8.08. The molecule has 0 amide bonds. The normalized spacial score (nSPS) is 11.2. The second kappa shape index (κ2) is 11.3. The Hall–Kier alpha value is -4.12. The van der Waals surface area contributed by atoms with Gasteiger partial charge in [0.1, 0.15) is 17.8 Å². The van der Waals surface area contributed by atoms with Crippen molar-refractivity contribution in [1.82, 2.24) is 14.6 Å². The smallest absolute Gasteiger partial charge is 0.287 e. The summed E-state index contributed by atoms with van der Waals surface area (Å²) in [5.41, 5.74) is 1.68. The van der Waals surface area contributed by atoms with Crippen LogP contribution in [-0.4, -0.2) is 39.9 Å². The fraction of sp³-hybridized carbons (Fsp3) is 0.231. The molecule has 37 heavy (non-hydrogen) atoms. The summed E-state index contributed by atoms with van der Waals surface area (Å²) in [6.07, 6.45) is 5.09. The molecule has 190 valence electrons. The molecule has 10 nitrogen and oxygen atoms in total. The lowest BCUT2D eigenvalue weighted by Crippen LogP contribution is -2.22. The molecular weight excluding hydrogens is 540 g/mol. The van der Waals surface area contributed by atoms with E-state index in [4.69, 9.17) is 9.72 Å². The number of nitrogens with zero attached hydrogens (tertiary/aromatic N) is 6. The summed E-state index contributed by atoms with van der Waals surface area (Å²) in [7, 11) is 3.80. The summed E-state index contributed by atoms with van der Waals surface area (Å²) in [6.45, 7) is 2.08. The van der Waals surface area contributed by atoms with Gasteiger partial charge < -0.3 is 9.64 Å². The molecule has 0 saturated carbocycles. The molecule has 2 aromatic carbocycles. The number of unbranched alkanes of at least 4 members (excludes halogenated alkanes) is 1. The number of anilines is 1. The molecule has 0 saturated heterocycles. The van der Waals surface area contributed by atoms with Crippen LogP contribution in [0.4, 0.5) is 11.4 Å². The number of hydrogen-bond donors (Lipinski definition) is 0. The second-order valence-electron chi connectivity index (χ2n) is 8.48.